The Morgan fingerprint density at radius 1 is 1.04 bits per heavy atom. The van der Waals surface area contributed by atoms with Crippen LogP contribution in [0.2, 0.25) is 0 Å². The van der Waals surface area contributed by atoms with Crippen LogP contribution in [-0.4, -0.2) is 24.2 Å². The standard InChI is InChI=1S/C14H12N4O7S/c1-8-2-3-12(26(15,24)25)7-13(8)16-14(19)9-4-10(17(20)21)6-11(5-9)18(22)23/h2-7H,1H3,(H,16,19)(H2,15,24,25). The van der Waals surface area contributed by atoms with E-state index in [0.29, 0.717) is 5.56 Å². The van der Waals surface area contributed by atoms with E-state index in [1.807, 2.05) is 0 Å². The molecule has 26 heavy (non-hydrogen) atoms. The van der Waals surface area contributed by atoms with Crippen molar-refractivity contribution in [1.29, 1.82) is 0 Å². The van der Waals surface area contributed by atoms with E-state index in [1.54, 1.807) is 6.92 Å². The Bertz CT molecular complexity index is 1000. The fourth-order valence-electron chi connectivity index (χ4n) is 2.04. The quantitative estimate of drug-likeness (QED) is 0.586. The summed E-state index contributed by atoms with van der Waals surface area (Å²) in [5.41, 5.74) is -0.994. The second kappa shape index (κ2) is 6.85. The maximum atomic E-state index is 12.3. The van der Waals surface area contributed by atoms with Crippen molar-refractivity contribution >= 4 is 33.0 Å². The van der Waals surface area contributed by atoms with Gasteiger partial charge in [0.2, 0.25) is 10.0 Å². The van der Waals surface area contributed by atoms with Gasteiger partial charge in [0.1, 0.15) is 0 Å². The first-order valence-electron chi connectivity index (χ1n) is 6.87. The number of rotatable bonds is 5. The number of hydrogen-bond donors (Lipinski definition) is 2. The zero-order chi connectivity index (χ0) is 19.6. The number of nitrogens with one attached hydrogen (secondary N) is 1. The molecular weight excluding hydrogens is 368 g/mol. The molecule has 3 N–H and O–H groups in total. The zero-order valence-electron chi connectivity index (χ0n) is 13.2. The molecule has 1 amide bonds. The number of nitrogens with two attached hydrogens (primary N) is 1. The third-order valence-electron chi connectivity index (χ3n) is 3.37. The van der Waals surface area contributed by atoms with E-state index in [4.69, 9.17) is 5.14 Å². The summed E-state index contributed by atoms with van der Waals surface area (Å²) in [5.74, 6) is -0.883. The van der Waals surface area contributed by atoms with E-state index in [1.165, 1.54) is 12.1 Å². The van der Waals surface area contributed by atoms with Gasteiger partial charge in [-0.3, -0.25) is 25.0 Å². The molecule has 0 fully saturated rings. The molecule has 0 radical (unpaired) electrons. The van der Waals surface area contributed by atoms with Crippen molar-refractivity contribution in [3.05, 3.63) is 67.8 Å². The summed E-state index contributed by atoms with van der Waals surface area (Å²) in [7, 11) is -4.01. The van der Waals surface area contributed by atoms with Crippen molar-refractivity contribution in [3.8, 4) is 0 Å². The first-order chi connectivity index (χ1) is 12.0. The van der Waals surface area contributed by atoms with Gasteiger partial charge in [-0.05, 0) is 24.6 Å². The number of hydrogen-bond acceptors (Lipinski definition) is 7. The van der Waals surface area contributed by atoms with Gasteiger partial charge in [0.25, 0.3) is 17.3 Å². The minimum atomic E-state index is -4.01. The minimum absolute atomic E-state index is 0.0932. The molecule has 0 atom stereocenters. The Morgan fingerprint density at radius 3 is 2.04 bits per heavy atom. The molecule has 0 unspecified atom stereocenters. The second-order valence-corrected chi connectivity index (χ2v) is 6.79. The lowest BCUT2D eigenvalue weighted by molar-refractivity contribution is -0.394. The fraction of sp³-hybridized carbons (Fsp3) is 0.0714. The Kier molecular flexibility index (Phi) is 5.00. The molecule has 2 aromatic rings. The van der Waals surface area contributed by atoms with E-state index >= 15 is 0 Å². The highest BCUT2D eigenvalue weighted by Gasteiger charge is 2.20. The highest BCUT2D eigenvalue weighted by Crippen LogP contribution is 2.25. The van der Waals surface area contributed by atoms with Gasteiger partial charge in [0.15, 0.2) is 0 Å². The third kappa shape index (κ3) is 4.17. The van der Waals surface area contributed by atoms with Gasteiger partial charge in [-0.2, -0.15) is 0 Å². The third-order valence-corrected chi connectivity index (χ3v) is 4.28. The van der Waals surface area contributed by atoms with Gasteiger partial charge in [-0.1, -0.05) is 6.07 Å². The van der Waals surface area contributed by atoms with Gasteiger partial charge in [0.05, 0.1) is 26.4 Å². The van der Waals surface area contributed by atoms with Crippen LogP contribution in [0.3, 0.4) is 0 Å². The number of sulfonamides is 1. The summed E-state index contributed by atoms with van der Waals surface area (Å²) in [5, 5.41) is 29.2. The van der Waals surface area contributed by atoms with Gasteiger partial charge in [-0.15, -0.1) is 0 Å². The SMILES string of the molecule is Cc1ccc(S(N)(=O)=O)cc1NC(=O)c1cc([N+](=O)[O-])cc([N+](=O)[O-])c1. The molecule has 0 aliphatic heterocycles. The molecule has 0 heterocycles. The molecule has 136 valence electrons. The molecule has 2 aromatic carbocycles. The zero-order valence-corrected chi connectivity index (χ0v) is 14.0. The predicted octanol–water partition coefficient (Wildman–Crippen LogP) is 1.71. The molecule has 0 aromatic heterocycles. The lowest BCUT2D eigenvalue weighted by Gasteiger charge is -2.10. The van der Waals surface area contributed by atoms with E-state index in [0.717, 1.165) is 24.3 Å². The smallest absolute Gasteiger partial charge is 0.277 e. The first kappa shape index (κ1) is 19.0. The normalized spacial score (nSPS) is 11.0. The average molecular weight is 380 g/mol. The van der Waals surface area contributed by atoms with E-state index in [-0.39, 0.29) is 16.1 Å². The maximum Gasteiger partial charge on any atom is 0.277 e. The number of nitro groups is 2. The number of nitro benzene ring substituents is 2. The number of non-ortho nitro benzene ring substituents is 2. The van der Waals surface area contributed by atoms with E-state index in [2.05, 4.69) is 5.32 Å². The van der Waals surface area contributed by atoms with Crippen molar-refractivity contribution < 1.29 is 23.1 Å². The van der Waals surface area contributed by atoms with Gasteiger partial charge < -0.3 is 5.32 Å². The summed E-state index contributed by atoms with van der Waals surface area (Å²) >= 11 is 0. The van der Waals surface area contributed by atoms with Crippen molar-refractivity contribution in [1.82, 2.24) is 0 Å². The van der Waals surface area contributed by atoms with Crippen LogP contribution in [0.4, 0.5) is 17.1 Å². The molecule has 0 aliphatic rings. The lowest BCUT2D eigenvalue weighted by Crippen LogP contribution is -2.16. The fourth-order valence-corrected chi connectivity index (χ4v) is 2.58. The van der Waals surface area contributed by atoms with Crippen LogP contribution < -0.4 is 10.5 Å². The lowest BCUT2D eigenvalue weighted by atomic mass is 10.1. The van der Waals surface area contributed by atoms with Crippen LogP contribution in [0.1, 0.15) is 15.9 Å². The number of carbonyl (C=O) groups excluding carboxylic acids is 1. The Hall–Kier alpha value is -3.38. The van der Waals surface area contributed by atoms with E-state index in [9.17, 15) is 33.4 Å². The van der Waals surface area contributed by atoms with E-state index < -0.39 is 37.2 Å². The summed E-state index contributed by atoms with van der Waals surface area (Å²) < 4.78 is 22.8. The minimum Gasteiger partial charge on any atom is -0.322 e. The molecule has 12 heteroatoms. The first-order valence-corrected chi connectivity index (χ1v) is 8.42. The molecule has 0 aliphatic carbocycles. The molecule has 0 bridgehead atoms. The average Bonchev–Trinajstić information content (AvgIpc) is 2.55. The predicted molar refractivity (Wildman–Crippen MR) is 90.3 cm³/mol. The molecule has 0 saturated heterocycles. The topological polar surface area (TPSA) is 176 Å². The van der Waals surface area contributed by atoms with Crippen molar-refractivity contribution in [2.24, 2.45) is 5.14 Å². The van der Waals surface area contributed by atoms with Crippen LogP contribution in [-0.2, 0) is 10.0 Å². The van der Waals surface area contributed by atoms with Crippen LogP contribution in [0.25, 0.3) is 0 Å². The number of aryl methyl sites for hydroxylation is 1. The second-order valence-electron chi connectivity index (χ2n) is 5.23. The summed E-state index contributed by atoms with van der Waals surface area (Å²) in [6.45, 7) is 1.58. The Morgan fingerprint density at radius 2 is 1.58 bits per heavy atom. The summed E-state index contributed by atoms with van der Waals surface area (Å²) in [6, 6.07) is 6.25. The molecule has 0 saturated carbocycles. The number of carbonyl (C=O) groups is 1. The molecule has 2 rings (SSSR count). The van der Waals surface area contributed by atoms with Crippen LogP contribution >= 0.6 is 0 Å². The molecule has 11 nitrogen and oxygen atoms in total. The summed E-state index contributed by atoms with van der Waals surface area (Å²) in [4.78, 5) is 32.1. The highest BCUT2D eigenvalue weighted by atomic mass is 32.2. The number of benzene rings is 2. The van der Waals surface area contributed by atoms with Crippen molar-refractivity contribution in [3.63, 3.8) is 0 Å². The number of anilines is 1. The monoisotopic (exact) mass is 380 g/mol. The van der Waals surface area contributed by atoms with Crippen LogP contribution in [0, 0.1) is 27.2 Å². The Balaban J connectivity index is 2.45. The summed E-state index contributed by atoms with van der Waals surface area (Å²) in [6.07, 6.45) is 0. The number of amides is 1. The number of nitrogens with zero attached hydrogens (tertiary/aromatic N) is 2. The van der Waals surface area contributed by atoms with Gasteiger partial charge in [-0.25, -0.2) is 13.6 Å². The Labute approximate surface area is 146 Å². The van der Waals surface area contributed by atoms with Gasteiger partial charge in [0, 0.05) is 17.8 Å². The van der Waals surface area contributed by atoms with Crippen molar-refractivity contribution in [2.45, 2.75) is 11.8 Å². The highest BCUT2D eigenvalue weighted by molar-refractivity contribution is 7.89. The maximum absolute atomic E-state index is 12.3. The molecule has 0 spiro atoms. The van der Waals surface area contributed by atoms with Crippen LogP contribution in [0.15, 0.2) is 41.3 Å². The molecular formula is C14H12N4O7S. The van der Waals surface area contributed by atoms with Crippen molar-refractivity contribution in [2.75, 3.05) is 5.32 Å². The van der Waals surface area contributed by atoms with Crippen LogP contribution in [0.5, 0.6) is 0 Å². The largest absolute Gasteiger partial charge is 0.322 e. The number of primary sulfonamides is 1. The van der Waals surface area contributed by atoms with Gasteiger partial charge >= 0.3 is 0 Å².